The van der Waals surface area contributed by atoms with Crippen molar-refractivity contribution in [3.05, 3.63) is 71.0 Å². The highest BCUT2D eigenvalue weighted by Crippen LogP contribution is 2.29. The van der Waals surface area contributed by atoms with E-state index >= 15 is 0 Å². The fourth-order valence-electron chi connectivity index (χ4n) is 3.26. The first kappa shape index (κ1) is 17.7. The van der Waals surface area contributed by atoms with E-state index in [-0.39, 0.29) is 11.7 Å². The van der Waals surface area contributed by atoms with Gasteiger partial charge in [-0.05, 0) is 43.3 Å². The number of rotatable bonds is 3. The summed E-state index contributed by atoms with van der Waals surface area (Å²) in [7, 11) is 0. The van der Waals surface area contributed by atoms with E-state index in [0.29, 0.717) is 18.0 Å². The standard InChI is InChI=1S/C21H20FN3OS/c1-15-19(27-20(23-15)16-7-9-17(22)10-8-16)21(26)25-13-11-24(12-14-25)18-5-3-2-4-6-18/h2-10H,11-14H2,1H3. The van der Waals surface area contributed by atoms with E-state index in [4.69, 9.17) is 0 Å². The van der Waals surface area contributed by atoms with Crippen molar-refractivity contribution in [3.8, 4) is 10.6 Å². The zero-order valence-corrected chi connectivity index (χ0v) is 15.9. The maximum Gasteiger partial charge on any atom is 0.265 e. The van der Waals surface area contributed by atoms with Gasteiger partial charge in [0.25, 0.3) is 5.91 Å². The maximum absolute atomic E-state index is 13.1. The van der Waals surface area contributed by atoms with E-state index in [1.807, 2.05) is 30.0 Å². The number of aryl methyl sites for hydroxylation is 1. The minimum Gasteiger partial charge on any atom is -0.368 e. The van der Waals surface area contributed by atoms with Crippen molar-refractivity contribution in [2.45, 2.75) is 6.92 Å². The predicted octanol–water partition coefficient (Wildman–Crippen LogP) is 4.22. The molecule has 3 aromatic rings. The topological polar surface area (TPSA) is 36.4 Å². The number of para-hydroxylation sites is 1. The van der Waals surface area contributed by atoms with Crippen molar-refractivity contribution >= 4 is 22.9 Å². The summed E-state index contributed by atoms with van der Waals surface area (Å²) in [4.78, 5) is 22.4. The predicted molar refractivity (Wildman–Crippen MR) is 107 cm³/mol. The average Bonchev–Trinajstić information content (AvgIpc) is 3.10. The smallest absolute Gasteiger partial charge is 0.265 e. The van der Waals surface area contributed by atoms with Crippen LogP contribution in [0.2, 0.25) is 0 Å². The molecule has 6 heteroatoms. The second kappa shape index (κ2) is 7.48. The minimum atomic E-state index is -0.278. The molecule has 1 amide bonds. The number of carbonyl (C=O) groups excluding carboxylic acids is 1. The van der Waals surface area contributed by atoms with Crippen molar-refractivity contribution in [2.24, 2.45) is 0 Å². The molecule has 0 spiro atoms. The molecule has 27 heavy (non-hydrogen) atoms. The minimum absolute atomic E-state index is 0.0334. The van der Waals surface area contributed by atoms with E-state index in [1.165, 1.54) is 29.2 Å². The summed E-state index contributed by atoms with van der Waals surface area (Å²) < 4.78 is 13.1. The lowest BCUT2D eigenvalue weighted by Crippen LogP contribution is -2.48. The lowest BCUT2D eigenvalue weighted by Gasteiger charge is -2.36. The summed E-state index contributed by atoms with van der Waals surface area (Å²) in [6, 6.07) is 16.5. The van der Waals surface area contributed by atoms with Gasteiger partial charge in [0, 0.05) is 37.4 Å². The molecule has 1 fully saturated rings. The van der Waals surface area contributed by atoms with Crippen LogP contribution in [0.25, 0.3) is 10.6 Å². The van der Waals surface area contributed by atoms with Crippen LogP contribution in [0.5, 0.6) is 0 Å². The van der Waals surface area contributed by atoms with E-state index in [1.54, 1.807) is 12.1 Å². The molecule has 138 valence electrons. The van der Waals surface area contributed by atoms with Crippen LogP contribution in [0, 0.1) is 12.7 Å². The number of piperazine rings is 1. The number of nitrogens with zero attached hydrogens (tertiary/aromatic N) is 3. The van der Waals surface area contributed by atoms with Gasteiger partial charge in [0.2, 0.25) is 0 Å². The maximum atomic E-state index is 13.1. The van der Waals surface area contributed by atoms with Gasteiger partial charge in [-0.15, -0.1) is 11.3 Å². The van der Waals surface area contributed by atoms with E-state index in [2.05, 4.69) is 22.0 Å². The molecule has 0 saturated carbocycles. The van der Waals surface area contributed by atoms with Crippen molar-refractivity contribution in [1.82, 2.24) is 9.88 Å². The fourth-order valence-corrected chi connectivity index (χ4v) is 4.30. The van der Waals surface area contributed by atoms with Crippen LogP contribution in [0.15, 0.2) is 54.6 Å². The number of halogens is 1. The Bertz CT molecular complexity index is 932. The summed E-state index contributed by atoms with van der Waals surface area (Å²) in [5.74, 6) is -0.245. The highest BCUT2D eigenvalue weighted by atomic mass is 32.1. The highest BCUT2D eigenvalue weighted by molar-refractivity contribution is 7.17. The van der Waals surface area contributed by atoms with Gasteiger partial charge in [0.1, 0.15) is 15.7 Å². The number of carbonyl (C=O) groups is 1. The third-order valence-corrected chi connectivity index (χ3v) is 5.96. The molecule has 1 aromatic heterocycles. The summed E-state index contributed by atoms with van der Waals surface area (Å²) in [5, 5.41) is 0.749. The van der Waals surface area contributed by atoms with Crippen LogP contribution in [-0.4, -0.2) is 42.0 Å². The monoisotopic (exact) mass is 381 g/mol. The van der Waals surface area contributed by atoms with Gasteiger partial charge < -0.3 is 9.80 Å². The molecule has 0 unspecified atom stereocenters. The Kier molecular flexibility index (Phi) is 4.90. The van der Waals surface area contributed by atoms with Gasteiger partial charge in [-0.3, -0.25) is 4.79 Å². The zero-order chi connectivity index (χ0) is 18.8. The summed E-state index contributed by atoms with van der Waals surface area (Å²) in [5.41, 5.74) is 2.75. The first-order chi connectivity index (χ1) is 13.1. The Morgan fingerprint density at radius 1 is 1.00 bits per heavy atom. The number of benzene rings is 2. The van der Waals surface area contributed by atoms with E-state index < -0.39 is 0 Å². The number of anilines is 1. The van der Waals surface area contributed by atoms with Crippen molar-refractivity contribution in [1.29, 1.82) is 0 Å². The molecule has 0 N–H and O–H groups in total. The molecule has 4 rings (SSSR count). The Morgan fingerprint density at radius 2 is 1.67 bits per heavy atom. The van der Waals surface area contributed by atoms with Crippen molar-refractivity contribution in [2.75, 3.05) is 31.1 Å². The van der Waals surface area contributed by atoms with Crippen molar-refractivity contribution < 1.29 is 9.18 Å². The summed E-state index contributed by atoms with van der Waals surface area (Å²) >= 11 is 1.38. The second-order valence-electron chi connectivity index (χ2n) is 6.56. The highest BCUT2D eigenvalue weighted by Gasteiger charge is 2.25. The van der Waals surface area contributed by atoms with Crippen LogP contribution < -0.4 is 4.90 Å². The Hall–Kier alpha value is -2.73. The zero-order valence-electron chi connectivity index (χ0n) is 15.1. The number of aromatic nitrogens is 1. The number of amides is 1. The largest absolute Gasteiger partial charge is 0.368 e. The second-order valence-corrected chi connectivity index (χ2v) is 7.55. The molecule has 0 aliphatic carbocycles. The third kappa shape index (κ3) is 3.71. The van der Waals surface area contributed by atoms with Crippen LogP contribution >= 0.6 is 11.3 Å². The molecule has 2 heterocycles. The van der Waals surface area contributed by atoms with Crippen LogP contribution in [-0.2, 0) is 0 Å². The lowest BCUT2D eigenvalue weighted by molar-refractivity contribution is 0.0750. The molecule has 1 aliphatic heterocycles. The third-order valence-electron chi connectivity index (χ3n) is 4.77. The normalized spacial score (nSPS) is 14.4. The van der Waals surface area contributed by atoms with Crippen LogP contribution in [0.3, 0.4) is 0 Å². The van der Waals surface area contributed by atoms with Gasteiger partial charge in [-0.25, -0.2) is 9.37 Å². The number of hydrogen-bond donors (Lipinski definition) is 0. The molecular formula is C21H20FN3OS. The van der Waals surface area contributed by atoms with Gasteiger partial charge in [-0.1, -0.05) is 18.2 Å². The van der Waals surface area contributed by atoms with Gasteiger partial charge in [0.05, 0.1) is 5.69 Å². The molecule has 0 radical (unpaired) electrons. The van der Waals surface area contributed by atoms with Crippen LogP contribution in [0.1, 0.15) is 15.4 Å². The van der Waals surface area contributed by atoms with Gasteiger partial charge in [-0.2, -0.15) is 0 Å². The Morgan fingerprint density at radius 3 is 2.33 bits per heavy atom. The van der Waals surface area contributed by atoms with Gasteiger partial charge >= 0.3 is 0 Å². The molecule has 2 aromatic carbocycles. The molecule has 0 bridgehead atoms. The summed E-state index contributed by atoms with van der Waals surface area (Å²) in [6.45, 7) is 4.88. The molecule has 4 nitrogen and oxygen atoms in total. The van der Waals surface area contributed by atoms with Crippen molar-refractivity contribution in [3.63, 3.8) is 0 Å². The molecule has 1 saturated heterocycles. The first-order valence-electron chi connectivity index (χ1n) is 8.94. The molecule has 1 aliphatic rings. The lowest BCUT2D eigenvalue weighted by atomic mass is 10.2. The SMILES string of the molecule is Cc1nc(-c2ccc(F)cc2)sc1C(=O)N1CCN(c2ccccc2)CC1. The summed E-state index contributed by atoms with van der Waals surface area (Å²) in [6.07, 6.45) is 0. The first-order valence-corrected chi connectivity index (χ1v) is 9.76. The molecule has 0 atom stereocenters. The Balaban J connectivity index is 1.47. The fraction of sp³-hybridized carbons (Fsp3) is 0.238. The van der Waals surface area contributed by atoms with E-state index in [0.717, 1.165) is 29.4 Å². The number of hydrogen-bond acceptors (Lipinski definition) is 4. The average molecular weight is 381 g/mol. The molecular weight excluding hydrogens is 361 g/mol. The quantitative estimate of drug-likeness (QED) is 0.682. The van der Waals surface area contributed by atoms with Gasteiger partial charge in [0.15, 0.2) is 0 Å². The number of thiazole rings is 1. The van der Waals surface area contributed by atoms with E-state index in [9.17, 15) is 9.18 Å². The van der Waals surface area contributed by atoms with Crippen LogP contribution in [0.4, 0.5) is 10.1 Å². The Labute approximate surface area is 161 Å².